The SMILES string of the molecule is CCCCC1CCC(c2ccc(Oc3cc(N)c4c(c3O)C(=O)c3c(Nc5ccc(CC)cc5)cc(Oc5ccc(C6CCC(CCCC)CC6)cc5)c(O)c3C4=O)cc2)CC1. The number of unbranched alkanes of at least 4 members (excludes halogenated alkanes) is 2. The highest BCUT2D eigenvalue weighted by Crippen LogP contribution is 2.50. The van der Waals surface area contributed by atoms with Gasteiger partial charge in [-0.25, -0.2) is 0 Å². The van der Waals surface area contributed by atoms with Crippen LogP contribution in [-0.4, -0.2) is 21.8 Å². The average Bonchev–Trinajstić information content (AvgIpc) is 3.30. The maximum atomic E-state index is 14.7. The van der Waals surface area contributed by atoms with Gasteiger partial charge in [0, 0.05) is 23.5 Å². The van der Waals surface area contributed by atoms with Gasteiger partial charge in [0.05, 0.1) is 27.9 Å². The normalized spacial score (nSPS) is 19.7. The first kappa shape index (κ1) is 42.9. The number of benzene rings is 5. The summed E-state index contributed by atoms with van der Waals surface area (Å²) in [5.41, 5.74) is 10.2. The molecular formula is C54H62N2O6. The smallest absolute Gasteiger partial charge is 0.200 e. The molecule has 324 valence electrons. The standard InChI is InChI=1S/C54H62N2O6/c1-4-7-9-34-11-17-36(18-12-34)38-21-27-41(28-22-38)61-45-31-43(55)47-49(51(45)57)54(60)48-44(56-40-25-15-33(6-3)16-26-40)32-46(52(58)50(48)53(47)59)62-42-29-23-39(24-30-42)37-19-13-35(14-20-37)10-8-5-2/h15-16,21-32,34-37,56-58H,4-14,17-20,55H2,1-3H3. The molecule has 0 bridgehead atoms. The van der Waals surface area contributed by atoms with Gasteiger partial charge in [-0.3, -0.25) is 9.59 Å². The van der Waals surface area contributed by atoms with E-state index in [0.717, 1.165) is 23.8 Å². The number of hydrogen-bond acceptors (Lipinski definition) is 8. The van der Waals surface area contributed by atoms with Gasteiger partial charge in [0.2, 0.25) is 11.6 Å². The van der Waals surface area contributed by atoms with Crippen LogP contribution < -0.4 is 20.5 Å². The Kier molecular flexibility index (Phi) is 13.2. The van der Waals surface area contributed by atoms with Crippen LogP contribution in [0.15, 0.2) is 84.9 Å². The second-order valence-electron chi connectivity index (χ2n) is 18.0. The van der Waals surface area contributed by atoms with E-state index in [-0.39, 0.29) is 45.1 Å². The van der Waals surface area contributed by atoms with Crippen LogP contribution in [0.5, 0.6) is 34.5 Å². The van der Waals surface area contributed by atoms with Gasteiger partial charge in [-0.1, -0.05) is 95.7 Å². The highest BCUT2D eigenvalue weighted by Gasteiger charge is 2.40. The van der Waals surface area contributed by atoms with Gasteiger partial charge in [-0.15, -0.1) is 0 Å². The number of aromatic hydroxyl groups is 2. The molecule has 8 rings (SSSR count). The fourth-order valence-corrected chi connectivity index (χ4v) is 10.1. The molecule has 2 fully saturated rings. The number of anilines is 3. The van der Waals surface area contributed by atoms with Gasteiger partial charge < -0.3 is 30.7 Å². The van der Waals surface area contributed by atoms with E-state index in [4.69, 9.17) is 15.2 Å². The lowest BCUT2D eigenvalue weighted by molar-refractivity contribution is 0.0974. The van der Waals surface area contributed by atoms with Crippen LogP contribution >= 0.6 is 0 Å². The van der Waals surface area contributed by atoms with Gasteiger partial charge >= 0.3 is 0 Å². The molecule has 8 heteroatoms. The molecule has 0 saturated heterocycles. The van der Waals surface area contributed by atoms with Crippen molar-refractivity contribution in [1.29, 1.82) is 0 Å². The third-order valence-corrected chi connectivity index (χ3v) is 13.9. The molecule has 62 heavy (non-hydrogen) atoms. The Hall–Kier alpha value is -5.76. The summed E-state index contributed by atoms with van der Waals surface area (Å²) >= 11 is 0. The number of phenols is 2. The predicted octanol–water partition coefficient (Wildman–Crippen LogP) is 14.3. The zero-order valence-electron chi connectivity index (χ0n) is 36.6. The van der Waals surface area contributed by atoms with E-state index in [9.17, 15) is 19.8 Å². The fraction of sp³-hybridized carbons (Fsp3) is 0.407. The van der Waals surface area contributed by atoms with E-state index < -0.39 is 23.1 Å². The summed E-state index contributed by atoms with van der Waals surface area (Å²) in [6, 6.07) is 26.5. The maximum Gasteiger partial charge on any atom is 0.200 e. The minimum atomic E-state index is -0.708. The number of ether oxygens (including phenoxy) is 2. The fourth-order valence-electron chi connectivity index (χ4n) is 10.1. The Balaban J connectivity index is 1.07. The minimum absolute atomic E-state index is 0.000872. The molecule has 3 aliphatic carbocycles. The van der Waals surface area contributed by atoms with Crippen LogP contribution in [-0.2, 0) is 6.42 Å². The van der Waals surface area contributed by atoms with Crippen LogP contribution in [0.3, 0.4) is 0 Å². The van der Waals surface area contributed by atoms with Gasteiger partial charge in [-0.2, -0.15) is 0 Å². The maximum absolute atomic E-state index is 14.7. The Bertz CT molecular complexity index is 2370. The van der Waals surface area contributed by atoms with Crippen molar-refractivity contribution in [1.82, 2.24) is 0 Å². The van der Waals surface area contributed by atoms with E-state index in [2.05, 4.69) is 50.4 Å². The molecule has 2 saturated carbocycles. The largest absolute Gasteiger partial charge is 0.504 e. The molecule has 0 unspecified atom stereocenters. The number of carbonyl (C=O) groups is 2. The lowest BCUT2D eigenvalue weighted by Crippen LogP contribution is -2.24. The Morgan fingerprint density at radius 2 is 1.03 bits per heavy atom. The highest BCUT2D eigenvalue weighted by molar-refractivity contribution is 6.34. The number of nitrogens with one attached hydrogen (secondary N) is 1. The second kappa shape index (κ2) is 19.1. The average molecular weight is 835 g/mol. The minimum Gasteiger partial charge on any atom is -0.504 e. The van der Waals surface area contributed by atoms with Crippen molar-refractivity contribution in [3.05, 3.63) is 124 Å². The first-order valence-electron chi connectivity index (χ1n) is 23.2. The van der Waals surface area contributed by atoms with Crippen molar-refractivity contribution in [3.63, 3.8) is 0 Å². The molecule has 0 amide bonds. The van der Waals surface area contributed by atoms with Crippen molar-refractivity contribution >= 4 is 28.6 Å². The van der Waals surface area contributed by atoms with Crippen molar-refractivity contribution in [3.8, 4) is 34.5 Å². The lowest BCUT2D eigenvalue weighted by atomic mass is 9.77. The van der Waals surface area contributed by atoms with Crippen LogP contribution in [0.1, 0.15) is 171 Å². The third-order valence-electron chi connectivity index (χ3n) is 13.9. The molecule has 5 aromatic carbocycles. The number of nitrogens with two attached hydrogens (primary N) is 1. The molecular weight excluding hydrogens is 773 g/mol. The molecule has 0 atom stereocenters. The van der Waals surface area contributed by atoms with Crippen LogP contribution in [0, 0.1) is 11.8 Å². The van der Waals surface area contributed by atoms with Crippen molar-refractivity contribution < 1.29 is 29.3 Å². The van der Waals surface area contributed by atoms with E-state index in [0.29, 0.717) is 29.0 Å². The summed E-state index contributed by atoms with van der Waals surface area (Å²) in [7, 11) is 0. The summed E-state index contributed by atoms with van der Waals surface area (Å²) in [5, 5.41) is 26.9. The quantitative estimate of drug-likeness (QED) is 0.0594. The van der Waals surface area contributed by atoms with Crippen LogP contribution in [0.25, 0.3) is 0 Å². The van der Waals surface area contributed by atoms with Crippen LogP contribution in [0.4, 0.5) is 17.1 Å². The lowest BCUT2D eigenvalue weighted by Gasteiger charge is -2.29. The Morgan fingerprint density at radius 1 is 0.581 bits per heavy atom. The highest BCUT2D eigenvalue weighted by atomic mass is 16.5. The van der Waals surface area contributed by atoms with Gasteiger partial charge in [0.25, 0.3) is 0 Å². The van der Waals surface area contributed by atoms with Gasteiger partial charge in [0.15, 0.2) is 23.0 Å². The number of carbonyl (C=O) groups excluding carboxylic acids is 2. The Morgan fingerprint density at radius 3 is 1.50 bits per heavy atom. The molecule has 5 aromatic rings. The summed E-state index contributed by atoms with van der Waals surface area (Å²) in [6.45, 7) is 6.58. The zero-order valence-corrected chi connectivity index (χ0v) is 36.6. The number of phenolic OH excluding ortho intramolecular Hbond substituents is 2. The van der Waals surface area contributed by atoms with E-state index in [1.54, 1.807) is 0 Å². The second-order valence-corrected chi connectivity index (χ2v) is 18.0. The Labute approximate surface area is 366 Å². The molecule has 0 heterocycles. The van der Waals surface area contributed by atoms with Gasteiger partial charge in [-0.05, 0) is 135 Å². The van der Waals surface area contributed by atoms with E-state index in [1.165, 1.54) is 113 Å². The molecule has 0 radical (unpaired) electrons. The number of nitrogen functional groups attached to an aromatic ring is 1. The van der Waals surface area contributed by atoms with Crippen LogP contribution in [0.2, 0.25) is 0 Å². The zero-order chi connectivity index (χ0) is 43.3. The van der Waals surface area contributed by atoms with E-state index in [1.807, 2.05) is 48.5 Å². The third kappa shape index (κ3) is 9.06. The first-order valence-corrected chi connectivity index (χ1v) is 23.2. The number of ketones is 2. The number of rotatable bonds is 15. The molecule has 0 aromatic heterocycles. The molecule has 0 aliphatic heterocycles. The molecule has 8 nitrogen and oxygen atoms in total. The molecule has 5 N–H and O–H groups in total. The summed E-state index contributed by atoms with van der Waals surface area (Å²) < 4.78 is 12.5. The topological polar surface area (TPSA) is 131 Å². The summed E-state index contributed by atoms with van der Waals surface area (Å²) in [5.74, 6) is 1.18. The van der Waals surface area contributed by atoms with Gasteiger partial charge in [0.1, 0.15) is 11.5 Å². The molecule has 0 spiro atoms. The number of aryl methyl sites for hydroxylation is 1. The predicted molar refractivity (Wildman–Crippen MR) is 248 cm³/mol. The number of hydrogen-bond donors (Lipinski definition) is 4. The van der Waals surface area contributed by atoms with Crippen molar-refractivity contribution in [2.24, 2.45) is 11.8 Å². The summed E-state index contributed by atoms with van der Waals surface area (Å²) in [4.78, 5) is 29.3. The summed E-state index contributed by atoms with van der Waals surface area (Å²) in [6.07, 6.45) is 18.3. The van der Waals surface area contributed by atoms with Crippen molar-refractivity contribution in [2.75, 3.05) is 11.1 Å². The molecule has 3 aliphatic rings. The first-order chi connectivity index (χ1) is 30.1. The monoisotopic (exact) mass is 834 g/mol. The number of fused-ring (bicyclic) bond motifs is 2. The van der Waals surface area contributed by atoms with Crippen molar-refractivity contribution in [2.45, 2.75) is 129 Å². The van der Waals surface area contributed by atoms with E-state index >= 15 is 0 Å².